The molecule has 2 aromatic rings. The molecular formula is C18H22N4O4S. The monoisotopic (exact) mass is 390 g/mol. The lowest BCUT2D eigenvalue weighted by molar-refractivity contribution is -0.139. The fraction of sp³-hybridized carbons (Fsp3) is 0.333. The molecule has 0 unspecified atom stereocenters. The van der Waals surface area contributed by atoms with Gasteiger partial charge in [-0.3, -0.25) is 4.79 Å². The van der Waals surface area contributed by atoms with Crippen LogP contribution in [0.1, 0.15) is 33.8 Å². The number of hydrogen-bond donors (Lipinski definition) is 4. The number of benzene rings is 1. The van der Waals surface area contributed by atoms with E-state index in [0.717, 1.165) is 11.1 Å². The quantitative estimate of drug-likeness (QED) is 0.512. The molecule has 9 heteroatoms. The number of nitrogens with zero attached hydrogens (tertiary/aromatic N) is 1. The summed E-state index contributed by atoms with van der Waals surface area (Å²) in [6.45, 7) is 3.95. The van der Waals surface area contributed by atoms with Gasteiger partial charge in [0, 0.05) is 12.1 Å². The van der Waals surface area contributed by atoms with Gasteiger partial charge in [-0.25, -0.2) is 14.6 Å². The molecule has 1 atom stereocenters. The van der Waals surface area contributed by atoms with Crippen molar-refractivity contribution in [1.82, 2.24) is 15.6 Å². The van der Waals surface area contributed by atoms with E-state index in [1.807, 2.05) is 31.2 Å². The number of aliphatic carboxylic acids is 1. The summed E-state index contributed by atoms with van der Waals surface area (Å²) in [5, 5.41) is 14.9. The van der Waals surface area contributed by atoms with Crippen LogP contribution in [0.3, 0.4) is 0 Å². The van der Waals surface area contributed by atoms with Crippen molar-refractivity contribution in [2.45, 2.75) is 32.7 Å². The Bertz CT molecular complexity index is 832. The van der Waals surface area contributed by atoms with E-state index in [0.29, 0.717) is 22.0 Å². The summed E-state index contributed by atoms with van der Waals surface area (Å²) in [5.74, 6) is -1.61. The smallest absolute Gasteiger partial charge is 0.326 e. The van der Waals surface area contributed by atoms with Gasteiger partial charge in [-0.2, -0.15) is 0 Å². The average Bonchev–Trinajstić information content (AvgIpc) is 2.99. The molecule has 0 aliphatic carbocycles. The van der Waals surface area contributed by atoms with Crippen LogP contribution in [-0.2, 0) is 4.79 Å². The Kier molecular flexibility index (Phi) is 6.89. The number of rotatable bonds is 8. The minimum atomic E-state index is -1.14. The van der Waals surface area contributed by atoms with Crippen LogP contribution in [0.2, 0.25) is 0 Å². The normalized spacial score (nSPS) is 11.6. The number of aryl methyl sites for hydroxylation is 2. The molecule has 5 N–H and O–H groups in total. The zero-order valence-corrected chi connectivity index (χ0v) is 15.9. The molecule has 0 fully saturated rings. The van der Waals surface area contributed by atoms with Crippen LogP contribution in [0.4, 0.5) is 4.79 Å². The summed E-state index contributed by atoms with van der Waals surface area (Å²) in [7, 11) is 0. The maximum Gasteiger partial charge on any atom is 0.326 e. The van der Waals surface area contributed by atoms with Gasteiger partial charge in [0.25, 0.3) is 5.91 Å². The lowest BCUT2D eigenvalue weighted by Crippen LogP contribution is -2.41. The van der Waals surface area contributed by atoms with Crippen molar-refractivity contribution in [3.63, 3.8) is 0 Å². The number of amides is 3. The number of nitrogens with one attached hydrogen (secondary N) is 2. The van der Waals surface area contributed by atoms with Crippen molar-refractivity contribution < 1.29 is 19.5 Å². The van der Waals surface area contributed by atoms with E-state index in [2.05, 4.69) is 15.6 Å². The number of thiazole rings is 1. The van der Waals surface area contributed by atoms with E-state index in [-0.39, 0.29) is 13.0 Å². The minimum Gasteiger partial charge on any atom is -0.480 e. The first-order chi connectivity index (χ1) is 12.8. The summed E-state index contributed by atoms with van der Waals surface area (Å²) in [5.41, 5.74) is 7.54. The molecule has 2 rings (SSSR count). The Morgan fingerprint density at radius 1 is 1.22 bits per heavy atom. The highest BCUT2D eigenvalue weighted by Crippen LogP contribution is 2.28. The van der Waals surface area contributed by atoms with Crippen molar-refractivity contribution >= 4 is 29.2 Å². The summed E-state index contributed by atoms with van der Waals surface area (Å²) < 4.78 is 0. The number of carboxylic acids is 1. The Morgan fingerprint density at radius 3 is 2.48 bits per heavy atom. The summed E-state index contributed by atoms with van der Waals surface area (Å²) in [4.78, 5) is 39.4. The molecule has 1 aromatic heterocycles. The first-order valence-electron chi connectivity index (χ1n) is 8.39. The second kappa shape index (κ2) is 9.13. The van der Waals surface area contributed by atoms with Gasteiger partial charge in [-0.1, -0.05) is 29.8 Å². The SMILES string of the molecule is Cc1ccc(-c2nc(C)c(C(=O)N[C@H](CCCNC(N)=O)C(=O)O)s2)cc1. The predicted molar refractivity (Wildman–Crippen MR) is 103 cm³/mol. The molecule has 8 nitrogen and oxygen atoms in total. The molecule has 1 heterocycles. The summed E-state index contributed by atoms with van der Waals surface area (Å²) in [6, 6.07) is 6.06. The molecular weight excluding hydrogens is 368 g/mol. The van der Waals surface area contributed by atoms with Crippen LogP contribution in [-0.4, -0.2) is 40.6 Å². The van der Waals surface area contributed by atoms with Gasteiger partial charge < -0.3 is 21.5 Å². The average molecular weight is 390 g/mol. The minimum absolute atomic E-state index is 0.171. The zero-order valence-electron chi connectivity index (χ0n) is 15.1. The van der Waals surface area contributed by atoms with Gasteiger partial charge >= 0.3 is 12.0 Å². The standard InChI is InChI=1S/C18H22N4O4S/c1-10-5-7-12(8-6-10)16-21-11(2)14(27-16)15(23)22-13(17(24)25)4-3-9-20-18(19)26/h5-8,13H,3-4,9H2,1-2H3,(H,22,23)(H,24,25)(H3,19,20,26)/t13-/m1/s1. The lowest BCUT2D eigenvalue weighted by atomic mass is 10.1. The Labute approximate surface area is 160 Å². The number of carboxylic acid groups (broad SMARTS) is 1. The highest BCUT2D eigenvalue weighted by Gasteiger charge is 2.23. The first-order valence-corrected chi connectivity index (χ1v) is 9.21. The molecule has 0 aliphatic heterocycles. The van der Waals surface area contributed by atoms with Gasteiger partial charge in [0.2, 0.25) is 0 Å². The second-order valence-electron chi connectivity index (χ2n) is 6.10. The summed E-state index contributed by atoms with van der Waals surface area (Å²) >= 11 is 1.22. The van der Waals surface area contributed by atoms with E-state index in [1.165, 1.54) is 11.3 Å². The van der Waals surface area contributed by atoms with Crippen LogP contribution in [0.25, 0.3) is 10.6 Å². The third-order valence-electron chi connectivity index (χ3n) is 3.87. The van der Waals surface area contributed by atoms with Gasteiger partial charge in [0.05, 0.1) is 5.69 Å². The van der Waals surface area contributed by atoms with E-state index in [4.69, 9.17) is 5.73 Å². The molecule has 0 saturated carbocycles. The van der Waals surface area contributed by atoms with Crippen LogP contribution in [0.5, 0.6) is 0 Å². The number of hydrogen-bond acceptors (Lipinski definition) is 5. The molecule has 144 valence electrons. The van der Waals surface area contributed by atoms with Crippen molar-refractivity contribution in [2.75, 3.05) is 6.54 Å². The third kappa shape index (κ3) is 5.78. The molecule has 27 heavy (non-hydrogen) atoms. The fourth-order valence-electron chi connectivity index (χ4n) is 2.43. The first kappa shape index (κ1) is 20.4. The zero-order chi connectivity index (χ0) is 20.0. The van der Waals surface area contributed by atoms with Gasteiger partial charge in [0.15, 0.2) is 0 Å². The van der Waals surface area contributed by atoms with E-state index < -0.39 is 23.9 Å². The second-order valence-corrected chi connectivity index (χ2v) is 7.10. The van der Waals surface area contributed by atoms with E-state index >= 15 is 0 Å². The number of carbonyl (C=O) groups excluding carboxylic acids is 2. The third-order valence-corrected chi connectivity index (χ3v) is 5.08. The number of carbonyl (C=O) groups is 3. The number of primary amides is 1. The van der Waals surface area contributed by atoms with Crippen LogP contribution >= 0.6 is 11.3 Å². The molecule has 1 aromatic carbocycles. The maximum absolute atomic E-state index is 12.5. The molecule has 0 radical (unpaired) electrons. The Hall–Kier alpha value is -2.94. The number of aromatic nitrogens is 1. The Balaban J connectivity index is 2.06. The maximum atomic E-state index is 12.5. The van der Waals surface area contributed by atoms with E-state index in [9.17, 15) is 19.5 Å². The van der Waals surface area contributed by atoms with Crippen molar-refractivity contribution in [1.29, 1.82) is 0 Å². The summed E-state index contributed by atoms with van der Waals surface area (Å²) in [6.07, 6.45) is 0.542. The number of urea groups is 1. The van der Waals surface area contributed by atoms with Gasteiger partial charge in [-0.15, -0.1) is 11.3 Å². The van der Waals surface area contributed by atoms with Crippen molar-refractivity contribution in [2.24, 2.45) is 5.73 Å². The van der Waals surface area contributed by atoms with E-state index in [1.54, 1.807) is 6.92 Å². The van der Waals surface area contributed by atoms with Gasteiger partial charge in [0.1, 0.15) is 15.9 Å². The molecule has 0 bridgehead atoms. The molecule has 0 saturated heterocycles. The fourth-order valence-corrected chi connectivity index (χ4v) is 3.40. The largest absolute Gasteiger partial charge is 0.480 e. The van der Waals surface area contributed by atoms with Gasteiger partial charge in [-0.05, 0) is 26.7 Å². The van der Waals surface area contributed by atoms with Crippen molar-refractivity contribution in [3.8, 4) is 10.6 Å². The highest BCUT2D eigenvalue weighted by molar-refractivity contribution is 7.17. The van der Waals surface area contributed by atoms with Crippen LogP contribution in [0, 0.1) is 13.8 Å². The molecule has 3 amide bonds. The van der Waals surface area contributed by atoms with Crippen LogP contribution in [0.15, 0.2) is 24.3 Å². The molecule has 0 aliphatic rings. The molecule has 0 spiro atoms. The lowest BCUT2D eigenvalue weighted by Gasteiger charge is -2.14. The Morgan fingerprint density at radius 2 is 1.89 bits per heavy atom. The van der Waals surface area contributed by atoms with Crippen LogP contribution < -0.4 is 16.4 Å². The topological polar surface area (TPSA) is 134 Å². The number of nitrogens with two attached hydrogens (primary N) is 1. The predicted octanol–water partition coefficient (Wildman–Crippen LogP) is 2.06. The highest BCUT2D eigenvalue weighted by atomic mass is 32.1. The van der Waals surface area contributed by atoms with Crippen molar-refractivity contribution in [3.05, 3.63) is 40.4 Å².